The Kier molecular flexibility index (Phi) is 4.55. The van der Waals surface area contributed by atoms with Gasteiger partial charge < -0.3 is 15.0 Å². The second-order valence-electron chi connectivity index (χ2n) is 4.82. The number of hydrogen-bond donors (Lipinski definition) is 2. The first-order chi connectivity index (χ1) is 11.1. The lowest BCUT2D eigenvalue weighted by Gasteiger charge is -2.02. The number of carbonyl (C=O) groups excluding carboxylic acids is 1. The summed E-state index contributed by atoms with van der Waals surface area (Å²) in [5, 5.41) is 2.84. The number of hydrogen-bond acceptors (Lipinski definition) is 4. The van der Waals surface area contributed by atoms with Crippen LogP contribution in [0, 0.1) is 3.95 Å². The van der Waals surface area contributed by atoms with E-state index in [1.165, 1.54) is 17.4 Å². The zero-order valence-corrected chi connectivity index (χ0v) is 14.0. The number of H-pyrrole nitrogens is 1. The van der Waals surface area contributed by atoms with Gasteiger partial charge in [-0.3, -0.25) is 4.79 Å². The molecule has 116 valence electrons. The molecule has 0 saturated carbocycles. The summed E-state index contributed by atoms with van der Waals surface area (Å²) < 4.78 is 6.84. The molecular formula is C17H14N2O2S2. The van der Waals surface area contributed by atoms with Crippen LogP contribution in [-0.4, -0.2) is 18.0 Å². The fourth-order valence-corrected chi connectivity index (χ4v) is 3.25. The minimum Gasteiger partial charge on any atom is -0.497 e. The van der Waals surface area contributed by atoms with Crippen LogP contribution in [0.3, 0.4) is 0 Å². The van der Waals surface area contributed by atoms with Gasteiger partial charge in [0.2, 0.25) is 5.91 Å². The summed E-state index contributed by atoms with van der Waals surface area (Å²) in [6, 6.07) is 13.1. The van der Waals surface area contributed by atoms with Gasteiger partial charge in [0.25, 0.3) is 0 Å². The van der Waals surface area contributed by atoms with Crippen LogP contribution in [0.4, 0.5) is 5.69 Å². The lowest BCUT2D eigenvalue weighted by atomic mass is 10.2. The molecule has 2 N–H and O–H groups in total. The van der Waals surface area contributed by atoms with Crippen LogP contribution < -0.4 is 10.1 Å². The van der Waals surface area contributed by atoms with Crippen molar-refractivity contribution in [1.82, 2.24) is 4.98 Å². The zero-order valence-electron chi connectivity index (χ0n) is 12.3. The Labute approximate surface area is 142 Å². The van der Waals surface area contributed by atoms with Crippen molar-refractivity contribution in [2.24, 2.45) is 0 Å². The number of thiazole rings is 1. The number of amides is 1. The van der Waals surface area contributed by atoms with E-state index in [-0.39, 0.29) is 5.91 Å². The Morgan fingerprint density at radius 2 is 2.04 bits per heavy atom. The first-order valence-electron chi connectivity index (χ1n) is 6.90. The molecule has 0 saturated heterocycles. The number of aromatic nitrogens is 1. The van der Waals surface area contributed by atoms with Crippen molar-refractivity contribution in [3.05, 3.63) is 58.1 Å². The number of anilines is 1. The van der Waals surface area contributed by atoms with Gasteiger partial charge in [-0.05, 0) is 54.2 Å². The van der Waals surface area contributed by atoms with E-state index in [1.807, 2.05) is 42.5 Å². The number of rotatable bonds is 4. The number of fused-ring (bicyclic) bond motifs is 1. The zero-order chi connectivity index (χ0) is 16.2. The third kappa shape index (κ3) is 3.85. The van der Waals surface area contributed by atoms with Crippen LogP contribution in [0.2, 0.25) is 0 Å². The molecule has 1 heterocycles. The molecule has 23 heavy (non-hydrogen) atoms. The highest BCUT2D eigenvalue weighted by molar-refractivity contribution is 7.73. The quantitative estimate of drug-likeness (QED) is 0.537. The Morgan fingerprint density at radius 3 is 2.78 bits per heavy atom. The maximum Gasteiger partial charge on any atom is 0.248 e. The van der Waals surface area contributed by atoms with Crippen molar-refractivity contribution in [2.45, 2.75) is 0 Å². The number of benzene rings is 2. The van der Waals surface area contributed by atoms with Crippen LogP contribution in [0.1, 0.15) is 5.56 Å². The SMILES string of the molecule is COc1ccc(/C=C/C(=O)Nc2ccc3[nH]c(=S)sc3c2)cc1. The maximum atomic E-state index is 12.0. The molecule has 4 nitrogen and oxygen atoms in total. The van der Waals surface area contributed by atoms with Crippen LogP contribution in [0.5, 0.6) is 5.75 Å². The van der Waals surface area contributed by atoms with E-state index in [2.05, 4.69) is 10.3 Å². The summed E-state index contributed by atoms with van der Waals surface area (Å²) >= 11 is 6.60. The summed E-state index contributed by atoms with van der Waals surface area (Å²) in [5.41, 5.74) is 2.65. The minimum absolute atomic E-state index is 0.181. The van der Waals surface area contributed by atoms with Gasteiger partial charge in [0.05, 0.1) is 17.3 Å². The number of ether oxygens (including phenoxy) is 1. The molecule has 0 radical (unpaired) electrons. The molecule has 3 aromatic rings. The molecule has 0 aliphatic heterocycles. The van der Waals surface area contributed by atoms with Gasteiger partial charge in [-0.15, -0.1) is 11.3 Å². The summed E-state index contributed by atoms with van der Waals surface area (Å²) in [6.45, 7) is 0. The van der Waals surface area contributed by atoms with E-state index < -0.39 is 0 Å². The number of methoxy groups -OCH3 is 1. The van der Waals surface area contributed by atoms with Crippen molar-refractivity contribution in [2.75, 3.05) is 12.4 Å². The Balaban J connectivity index is 1.69. The van der Waals surface area contributed by atoms with E-state index in [0.717, 1.165) is 31.2 Å². The molecule has 1 aromatic heterocycles. The standard InChI is InChI=1S/C17H14N2O2S2/c1-21-13-6-2-11(3-7-13)4-9-16(20)18-12-5-8-14-15(10-12)23-17(22)19-14/h2-10H,1H3,(H,18,20)(H,19,22)/b9-4+. The normalized spacial score (nSPS) is 11.0. The average molecular weight is 342 g/mol. The average Bonchev–Trinajstić information content (AvgIpc) is 2.92. The summed E-state index contributed by atoms with van der Waals surface area (Å²) in [5.74, 6) is 0.605. The van der Waals surface area contributed by atoms with Gasteiger partial charge in [-0.25, -0.2) is 0 Å². The molecule has 1 amide bonds. The highest BCUT2D eigenvalue weighted by Crippen LogP contribution is 2.23. The van der Waals surface area contributed by atoms with Crippen LogP contribution in [0.15, 0.2) is 48.5 Å². The predicted molar refractivity (Wildman–Crippen MR) is 97.7 cm³/mol. The summed E-state index contributed by atoms with van der Waals surface area (Å²) in [4.78, 5) is 15.1. The van der Waals surface area contributed by atoms with Crippen molar-refractivity contribution in [1.29, 1.82) is 0 Å². The van der Waals surface area contributed by atoms with Crippen molar-refractivity contribution in [3.8, 4) is 5.75 Å². The molecule has 2 aromatic carbocycles. The first-order valence-corrected chi connectivity index (χ1v) is 8.12. The third-order valence-electron chi connectivity index (χ3n) is 3.23. The van der Waals surface area contributed by atoms with Gasteiger partial charge in [-0.2, -0.15) is 0 Å². The highest BCUT2D eigenvalue weighted by atomic mass is 32.1. The molecule has 0 fully saturated rings. The molecule has 0 aliphatic carbocycles. The predicted octanol–water partition coefficient (Wildman–Crippen LogP) is 4.62. The third-order valence-corrected chi connectivity index (χ3v) is 4.43. The van der Waals surface area contributed by atoms with E-state index in [4.69, 9.17) is 17.0 Å². The van der Waals surface area contributed by atoms with Crippen LogP contribution >= 0.6 is 23.6 Å². The molecule has 0 spiro atoms. The van der Waals surface area contributed by atoms with E-state index >= 15 is 0 Å². The van der Waals surface area contributed by atoms with Gasteiger partial charge in [0.1, 0.15) is 5.75 Å². The molecular weight excluding hydrogens is 328 g/mol. The number of carbonyl (C=O) groups is 1. The Hall–Kier alpha value is -2.44. The van der Waals surface area contributed by atoms with E-state index in [9.17, 15) is 4.79 Å². The van der Waals surface area contributed by atoms with Gasteiger partial charge in [-0.1, -0.05) is 12.1 Å². The first kappa shape index (κ1) is 15.5. The van der Waals surface area contributed by atoms with Crippen LogP contribution in [0.25, 0.3) is 16.3 Å². The molecule has 0 bridgehead atoms. The number of nitrogens with one attached hydrogen (secondary N) is 2. The molecule has 0 aliphatic rings. The van der Waals surface area contributed by atoms with Crippen molar-refractivity contribution in [3.63, 3.8) is 0 Å². The minimum atomic E-state index is -0.181. The second-order valence-corrected chi connectivity index (χ2v) is 6.54. The number of aromatic amines is 1. The smallest absolute Gasteiger partial charge is 0.248 e. The fourth-order valence-electron chi connectivity index (χ4n) is 2.09. The van der Waals surface area contributed by atoms with Gasteiger partial charge in [0, 0.05) is 11.8 Å². The Bertz CT molecular complexity index is 924. The fraction of sp³-hybridized carbons (Fsp3) is 0.0588. The maximum absolute atomic E-state index is 12.0. The highest BCUT2D eigenvalue weighted by Gasteiger charge is 2.02. The second kappa shape index (κ2) is 6.76. The van der Waals surface area contributed by atoms with Crippen LogP contribution in [-0.2, 0) is 4.79 Å². The summed E-state index contributed by atoms with van der Waals surface area (Å²) in [7, 11) is 1.62. The summed E-state index contributed by atoms with van der Waals surface area (Å²) in [6.07, 6.45) is 3.26. The molecule has 6 heteroatoms. The Morgan fingerprint density at radius 1 is 1.26 bits per heavy atom. The van der Waals surface area contributed by atoms with Gasteiger partial charge in [0.15, 0.2) is 3.95 Å². The van der Waals surface area contributed by atoms with Gasteiger partial charge >= 0.3 is 0 Å². The lowest BCUT2D eigenvalue weighted by molar-refractivity contribution is -0.111. The van der Waals surface area contributed by atoms with Crippen molar-refractivity contribution >= 4 is 51.4 Å². The van der Waals surface area contributed by atoms with E-state index in [1.54, 1.807) is 13.2 Å². The molecule has 0 unspecified atom stereocenters. The monoisotopic (exact) mass is 342 g/mol. The lowest BCUT2D eigenvalue weighted by Crippen LogP contribution is -2.07. The molecule has 3 rings (SSSR count). The van der Waals surface area contributed by atoms with Crippen molar-refractivity contribution < 1.29 is 9.53 Å². The largest absolute Gasteiger partial charge is 0.497 e. The topological polar surface area (TPSA) is 54.1 Å². The van der Waals surface area contributed by atoms with E-state index in [0.29, 0.717) is 0 Å². The molecule has 0 atom stereocenters.